The molecule has 0 spiro atoms. The second-order valence-electron chi connectivity index (χ2n) is 6.50. The molecule has 0 unspecified atom stereocenters. The van der Waals surface area contributed by atoms with Crippen molar-refractivity contribution in [1.82, 2.24) is 5.32 Å². The van der Waals surface area contributed by atoms with E-state index < -0.39 is 5.60 Å². The van der Waals surface area contributed by atoms with Gasteiger partial charge >= 0.3 is 6.09 Å². The summed E-state index contributed by atoms with van der Waals surface area (Å²) in [6.07, 6.45) is 0.661. The van der Waals surface area contributed by atoms with E-state index in [1.165, 1.54) is 11.3 Å². The van der Waals surface area contributed by atoms with Gasteiger partial charge in [0.25, 0.3) is 0 Å². The van der Waals surface area contributed by atoms with Gasteiger partial charge in [-0.25, -0.2) is 4.79 Å². The molecule has 0 radical (unpaired) electrons. The number of anilines is 2. The minimum absolute atomic E-state index is 0.370. The van der Waals surface area contributed by atoms with Crippen molar-refractivity contribution in [3.63, 3.8) is 0 Å². The van der Waals surface area contributed by atoms with Crippen LogP contribution in [-0.2, 0) is 11.2 Å². The summed E-state index contributed by atoms with van der Waals surface area (Å²) in [6, 6.07) is 4.19. The van der Waals surface area contributed by atoms with Crippen LogP contribution >= 0.6 is 0 Å². The first-order valence-electron chi connectivity index (χ1n) is 7.37. The van der Waals surface area contributed by atoms with Crippen LogP contribution < -0.4 is 16.0 Å². The Bertz CT molecular complexity index is 535. The standard InChI is InChI=1S/C16H25N3O2/c1-11-9-12-5-7-19(14(12)10-13(11)17)8-6-18-15(20)21-16(2,3)4/h9-10H,5-8,17H2,1-4H3,(H,18,20). The molecule has 5 heteroatoms. The fourth-order valence-electron chi connectivity index (χ4n) is 2.48. The molecular weight excluding hydrogens is 266 g/mol. The van der Waals surface area contributed by atoms with Crippen molar-refractivity contribution in [3.05, 3.63) is 23.3 Å². The molecule has 1 heterocycles. The van der Waals surface area contributed by atoms with Crippen molar-refractivity contribution < 1.29 is 9.53 Å². The Morgan fingerprint density at radius 2 is 2.14 bits per heavy atom. The number of nitrogens with one attached hydrogen (secondary N) is 1. The molecule has 0 saturated heterocycles. The van der Waals surface area contributed by atoms with E-state index in [1.807, 2.05) is 33.8 Å². The molecule has 0 atom stereocenters. The number of rotatable bonds is 3. The molecule has 1 aliphatic rings. The molecule has 116 valence electrons. The molecule has 3 N–H and O–H groups in total. The van der Waals surface area contributed by atoms with Crippen molar-refractivity contribution >= 4 is 17.5 Å². The third-order valence-electron chi connectivity index (χ3n) is 3.51. The number of benzene rings is 1. The lowest BCUT2D eigenvalue weighted by molar-refractivity contribution is 0.0529. The summed E-state index contributed by atoms with van der Waals surface area (Å²) < 4.78 is 5.22. The largest absolute Gasteiger partial charge is 0.444 e. The molecule has 0 aliphatic carbocycles. The summed E-state index contributed by atoms with van der Waals surface area (Å²) in [6.45, 7) is 9.88. The van der Waals surface area contributed by atoms with Gasteiger partial charge in [-0.2, -0.15) is 0 Å². The van der Waals surface area contributed by atoms with E-state index in [9.17, 15) is 4.79 Å². The predicted molar refractivity (Wildman–Crippen MR) is 85.7 cm³/mol. The topological polar surface area (TPSA) is 67.6 Å². The summed E-state index contributed by atoms with van der Waals surface area (Å²) in [7, 11) is 0. The number of nitrogens with zero attached hydrogens (tertiary/aromatic N) is 1. The fraction of sp³-hybridized carbons (Fsp3) is 0.562. The normalized spacial score (nSPS) is 14.0. The summed E-state index contributed by atoms with van der Waals surface area (Å²) >= 11 is 0. The zero-order chi connectivity index (χ0) is 15.6. The second kappa shape index (κ2) is 5.84. The molecular formula is C16H25N3O2. The number of carbonyl (C=O) groups is 1. The summed E-state index contributed by atoms with van der Waals surface area (Å²) in [5.41, 5.74) is 9.99. The maximum Gasteiger partial charge on any atom is 0.407 e. The van der Waals surface area contributed by atoms with Crippen LogP contribution in [-0.4, -0.2) is 31.3 Å². The Hall–Kier alpha value is -1.91. The highest BCUT2D eigenvalue weighted by atomic mass is 16.6. The van der Waals surface area contributed by atoms with Crippen molar-refractivity contribution in [2.24, 2.45) is 0 Å². The third kappa shape index (κ3) is 4.03. The minimum Gasteiger partial charge on any atom is -0.444 e. The van der Waals surface area contributed by atoms with Gasteiger partial charge in [0.1, 0.15) is 5.60 Å². The van der Waals surface area contributed by atoms with Gasteiger partial charge in [0.15, 0.2) is 0 Å². The van der Waals surface area contributed by atoms with Gasteiger partial charge in [-0.15, -0.1) is 0 Å². The maximum atomic E-state index is 11.6. The number of fused-ring (bicyclic) bond motifs is 1. The van der Waals surface area contributed by atoms with Crippen molar-refractivity contribution in [2.75, 3.05) is 30.3 Å². The highest BCUT2D eigenvalue weighted by molar-refractivity contribution is 5.69. The number of alkyl carbamates (subject to hydrolysis) is 1. The van der Waals surface area contributed by atoms with Crippen molar-refractivity contribution in [1.29, 1.82) is 0 Å². The molecule has 0 bridgehead atoms. The Morgan fingerprint density at radius 3 is 2.81 bits per heavy atom. The summed E-state index contributed by atoms with van der Waals surface area (Å²) in [4.78, 5) is 13.9. The number of nitrogen functional groups attached to an aromatic ring is 1. The van der Waals surface area contributed by atoms with E-state index in [0.29, 0.717) is 6.54 Å². The van der Waals surface area contributed by atoms with E-state index >= 15 is 0 Å². The molecule has 5 nitrogen and oxygen atoms in total. The van der Waals surface area contributed by atoms with Crippen molar-refractivity contribution in [3.8, 4) is 0 Å². The number of amides is 1. The molecule has 0 aromatic heterocycles. The predicted octanol–water partition coefficient (Wildman–Crippen LogP) is 2.46. The monoisotopic (exact) mass is 291 g/mol. The number of hydrogen-bond donors (Lipinski definition) is 2. The summed E-state index contributed by atoms with van der Waals surface area (Å²) in [5.74, 6) is 0. The Balaban J connectivity index is 1.87. The van der Waals surface area contributed by atoms with Crippen LogP contribution in [0.4, 0.5) is 16.2 Å². The lowest BCUT2D eigenvalue weighted by Crippen LogP contribution is -2.37. The fourth-order valence-corrected chi connectivity index (χ4v) is 2.48. The minimum atomic E-state index is -0.462. The average molecular weight is 291 g/mol. The van der Waals surface area contributed by atoms with Gasteiger partial charge in [-0.3, -0.25) is 0 Å². The lowest BCUT2D eigenvalue weighted by Gasteiger charge is -2.22. The average Bonchev–Trinajstić information content (AvgIpc) is 2.70. The van der Waals surface area contributed by atoms with Crippen LogP contribution in [0, 0.1) is 6.92 Å². The maximum absolute atomic E-state index is 11.6. The Morgan fingerprint density at radius 1 is 1.43 bits per heavy atom. The SMILES string of the molecule is Cc1cc2c(cc1N)N(CCNC(=O)OC(C)(C)C)CC2. The zero-order valence-corrected chi connectivity index (χ0v) is 13.3. The van der Waals surface area contributed by atoms with Crippen LogP contribution in [0.2, 0.25) is 0 Å². The van der Waals surface area contributed by atoms with Gasteiger partial charge in [0.05, 0.1) is 0 Å². The van der Waals surface area contributed by atoms with Crippen LogP contribution in [0.15, 0.2) is 12.1 Å². The highest BCUT2D eigenvalue weighted by Crippen LogP contribution is 2.31. The quantitative estimate of drug-likeness (QED) is 0.840. The van der Waals surface area contributed by atoms with Crippen molar-refractivity contribution in [2.45, 2.75) is 39.7 Å². The van der Waals surface area contributed by atoms with Crippen LogP contribution in [0.25, 0.3) is 0 Å². The number of hydrogen-bond acceptors (Lipinski definition) is 4. The Labute approximate surface area is 126 Å². The first-order chi connectivity index (χ1) is 9.76. The molecule has 1 amide bonds. The number of aryl methyl sites for hydroxylation is 1. The van der Waals surface area contributed by atoms with Gasteiger partial charge < -0.3 is 20.7 Å². The number of nitrogens with two attached hydrogens (primary N) is 1. The van der Waals surface area contributed by atoms with Gasteiger partial charge in [0.2, 0.25) is 0 Å². The van der Waals surface area contributed by atoms with E-state index in [0.717, 1.165) is 30.8 Å². The molecule has 1 aromatic rings. The molecule has 21 heavy (non-hydrogen) atoms. The molecule has 1 aliphatic heterocycles. The van der Waals surface area contributed by atoms with E-state index in [2.05, 4.69) is 16.3 Å². The first-order valence-corrected chi connectivity index (χ1v) is 7.37. The van der Waals surface area contributed by atoms with Crippen LogP contribution in [0.3, 0.4) is 0 Å². The van der Waals surface area contributed by atoms with E-state index in [1.54, 1.807) is 0 Å². The van der Waals surface area contributed by atoms with E-state index in [4.69, 9.17) is 10.5 Å². The molecule has 0 saturated carbocycles. The van der Waals surface area contributed by atoms with Gasteiger partial charge in [0, 0.05) is 31.0 Å². The van der Waals surface area contributed by atoms with Crippen LogP contribution in [0.5, 0.6) is 0 Å². The molecule has 1 aromatic carbocycles. The number of ether oxygens (including phenoxy) is 1. The lowest BCUT2D eigenvalue weighted by atomic mass is 10.1. The zero-order valence-electron chi connectivity index (χ0n) is 13.3. The molecule has 0 fully saturated rings. The highest BCUT2D eigenvalue weighted by Gasteiger charge is 2.20. The van der Waals surface area contributed by atoms with Gasteiger partial charge in [-0.05, 0) is 51.3 Å². The smallest absolute Gasteiger partial charge is 0.407 e. The van der Waals surface area contributed by atoms with E-state index in [-0.39, 0.29) is 6.09 Å². The molecule has 2 rings (SSSR count). The third-order valence-corrected chi connectivity index (χ3v) is 3.51. The van der Waals surface area contributed by atoms with Crippen LogP contribution in [0.1, 0.15) is 31.9 Å². The first kappa shape index (κ1) is 15.5. The summed E-state index contributed by atoms with van der Waals surface area (Å²) in [5, 5.41) is 2.79. The Kier molecular flexibility index (Phi) is 4.30. The van der Waals surface area contributed by atoms with Gasteiger partial charge in [-0.1, -0.05) is 6.07 Å². The second-order valence-corrected chi connectivity index (χ2v) is 6.50. The number of carbonyl (C=O) groups excluding carboxylic acids is 1.